The van der Waals surface area contributed by atoms with E-state index in [9.17, 15) is 4.79 Å². The van der Waals surface area contributed by atoms with Crippen LogP contribution in [0.15, 0.2) is 24.3 Å². The van der Waals surface area contributed by atoms with E-state index in [1.165, 1.54) is 0 Å². The lowest BCUT2D eigenvalue weighted by Gasteiger charge is -2.35. The molecule has 2 amide bonds. The fourth-order valence-corrected chi connectivity index (χ4v) is 2.58. The molecule has 1 atom stereocenters. The molecule has 1 aliphatic rings. The van der Waals surface area contributed by atoms with Crippen molar-refractivity contribution < 1.29 is 4.79 Å². The number of rotatable bonds is 4. The van der Waals surface area contributed by atoms with E-state index in [4.69, 9.17) is 11.6 Å². The van der Waals surface area contributed by atoms with Crippen molar-refractivity contribution in [1.82, 2.24) is 15.1 Å². The first-order valence-electron chi connectivity index (χ1n) is 7.61. The zero-order valence-corrected chi connectivity index (χ0v) is 13.6. The van der Waals surface area contributed by atoms with Gasteiger partial charge in [-0.1, -0.05) is 36.7 Å². The minimum absolute atomic E-state index is 0.0572. The van der Waals surface area contributed by atoms with Gasteiger partial charge in [-0.3, -0.25) is 4.90 Å². The van der Waals surface area contributed by atoms with Crippen molar-refractivity contribution in [3.63, 3.8) is 0 Å². The first-order chi connectivity index (χ1) is 10.1. The quantitative estimate of drug-likeness (QED) is 0.928. The summed E-state index contributed by atoms with van der Waals surface area (Å²) in [5, 5.41) is 3.83. The van der Waals surface area contributed by atoms with E-state index in [2.05, 4.69) is 23.2 Å². The Kier molecular flexibility index (Phi) is 5.88. The molecule has 0 radical (unpaired) electrons. The Hall–Kier alpha value is -1.26. The van der Waals surface area contributed by atoms with Crippen LogP contribution in [-0.4, -0.2) is 48.1 Å². The lowest BCUT2D eigenvalue weighted by atomic mass is 10.2. The molecule has 21 heavy (non-hydrogen) atoms. The van der Waals surface area contributed by atoms with Crippen molar-refractivity contribution in [1.29, 1.82) is 0 Å². The minimum atomic E-state index is 0.0572. The third kappa shape index (κ3) is 4.61. The van der Waals surface area contributed by atoms with Gasteiger partial charge in [-0.2, -0.15) is 0 Å². The van der Waals surface area contributed by atoms with Crippen LogP contribution < -0.4 is 5.32 Å². The number of carbonyl (C=O) groups excluding carboxylic acids is 1. The fourth-order valence-electron chi connectivity index (χ4n) is 2.38. The summed E-state index contributed by atoms with van der Waals surface area (Å²) in [6, 6.07) is 8.23. The van der Waals surface area contributed by atoms with Crippen molar-refractivity contribution in [3.8, 4) is 0 Å². The molecule has 5 heteroatoms. The highest BCUT2D eigenvalue weighted by atomic mass is 35.5. The number of nitrogens with one attached hydrogen (secondary N) is 1. The smallest absolute Gasteiger partial charge is 0.317 e. The zero-order valence-electron chi connectivity index (χ0n) is 12.8. The number of carbonyl (C=O) groups is 1. The second kappa shape index (κ2) is 7.66. The standard InChI is InChI=1S/C16H24ClN3O/c1-3-13(2)18-16(21)20-10-8-19(9-11-20)12-14-6-4-5-7-15(14)17/h4-7,13H,3,8-12H2,1-2H3,(H,18,21). The van der Waals surface area contributed by atoms with Crippen LogP contribution in [0.3, 0.4) is 0 Å². The number of hydrogen-bond acceptors (Lipinski definition) is 2. The number of nitrogens with zero attached hydrogens (tertiary/aromatic N) is 2. The van der Waals surface area contributed by atoms with Gasteiger partial charge in [-0.05, 0) is 25.0 Å². The molecule has 1 saturated heterocycles. The Morgan fingerprint density at radius 1 is 1.29 bits per heavy atom. The molecular formula is C16H24ClN3O. The van der Waals surface area contributed by atoms with Crippen LogP contribution in [0, 0.1) is 0 Å². The van der Waals surface area contributed by atoms with Gasteiger partial charge in [0.15, 0.2) is 0 Å². The second-order valence-electron chi connectivity index (χ2n) is 5.61. The molecule has 0 aromatic heterocycles. The van der Waals surface area contributed by atoms with Gasteiger partial charge in [0, 0.05) is 43.8 Å². The van der Waals surface area contributed by atoms with Gasteiger partial charge >= 0.3 is 6.03 Å². The van der Waals surface area contributed by atoms with Gasteiger partial charge in [0.1, 0.15) is 0 Å². The van der Waals surface area contributed by atoms with Crippen molar-refractivity contribution in [2.75, 3.05) is 26.2 Å². The van der Waals surface area contributed by atoms with Gasteiger partial charge < -0.3 is 10.2 Å². The molecule has 1 aliphatic heterocycles. The minimum Gasteiger partial charge on any atom is -0.336 e. The maximum Gasteiger partial charge on any atom is 0.317 e. The molecule has 1 fully saturated rings. The number of halogens is 1. The summed E-state index contributed by atoms with van der Waals surface area (Å²) >= 11 is 6.19. The topological polar surface area (TPSA) is 35.6 Å². The molecule has 1 aromatic carbocycles. The highest BCUT2D eigenvalue weighted by molar-refractivity contribution is 6.31. The third-order valence-corrected chi connectivity index (χ3v) is 4.36. The second-order valence-corrected chi connectivity index (χ2v) is 6.02. The molecule has 0 bridgehead atoms. The molecule has 1 unspecified atom stereocenters. The predicted molar refractivity (Wildman–Crippen MR) is 86.6 cm³/mol. The summed E-state index contributed by atoms with van der Waals surface area (Å²) in [5.41, 5.74) is 1.15. The normalized spacial score (nSPS) is 17.6. The maximum atomic E-state index is 12.1. The highest BCUT2D eigenvalue weighted by Gasteiger charge is 2.22. The van der Waals surface area contributed by atoms with Gasteiger partial charge in [-0.15, -0.1) is 0 Å². The van der Waals surface area contributed by atoms with Crippen molar-refractivity contribution in [2.45, 2.75) is 32.9 Å². The number of hydrogen-bond donors (Lipinski definition) is 1. The van der Waals surface area contributed by atoms with Crippen LogP contribution in [0.4, 0.5) is 4.79 Å². The molecule has 1 N–H and O–H groups in total. The zero-order chi connectivity index (χ0) is 15.2. The van der Waals surface area contributed by atoms with Crippen LogP contribution in [0.5, 0.6) is 0 Å². The Morgan fingerprint density at radius 2 is 1.95 bits per heavy atom. The van der Waals surface area contributed by atoms with Crippen LogP contribution >= 0.6 is 11.6 Å². The number of amides is 2. The van der Waals surface area contributed by atoms with E-state index in [1.54, 1.807) is 0 Å². The Labute approximate surface area is 132 Å². The van der Waals surface area contributed by atoms with Gasteiger partial charge in [-0.25, -0.2) is 4.79 Å². The molecule has 116 valence electrons. The van der Waals surface area contributed by atoms with E-state index in [0.717, 1.165) is 49.7 Å². The highest BCUT2D eigenvalue weighted by Crippen LogP contribution is 2.17. The summed E-state index contributed by atoms with van der Waals surface area (Å²) in [6.07, 6.45) is 0.957. The molecule has 0 saturated carbocycles. The molecule has 0 aliphatic carbocycles. The SMILES string of the molecule is CCC(C)NC(=O)N1CCN(Cc2ccccc2Cl)CC1. The van der Waals surface area contributed by atoms with Crippen LogP contribution in [0.1, 0.15) is 25.8 Å². The molecule has 4 nitrogen and oxygen atoms in total. The van der Waals surface area contributed by atoms with E-state index >= 15 is 0 Å². The van der Waals surface area contributed by atoms with Crippen LogP contribution in [-0.2, 0) is 6.54 Å². The Balaban J connectivity index is 1.81. The molecule has 1 heterocycles. The summed E-state index contributed by atoms with van der Waals surface area (Å²) in [4.78, 5) is 16.3. The van der Waals surface area contributed by atoms with E-state index in [-0.39, 0.29) is 12.1 Å². The molecule has 2 rings (SSSR count). The summed E-state index contributed by atoms with van der Waals surface area (Å²) in [5.74, 6) is 0. The van der Waals surface area contributed by atoms with Gasteiger partial charge in [0.25, 0.3) is 0 Å². The summed E-state index contributed by atoms with van der Waals surface area (Å²) < 4.78 is 0. The number of benzene rings is 1. The predicted octanol–water partition coefficient (Wildman–Crippen LogP) is 2.97. The maximum absolute atomic E-state index is 12.1. The van der Waals surface area contributed by atoms with Crippen LogP contribution in [0.25, 0.3) is 0 Å². The monoisotopic (exact) mass is 309 g/mol. The molecular weight excluding hydrogens is 286 g/mol. The van der Waals surface area contributed by atoms with Crippen molar-refractivity contribution in [3.05, 3.63) is 34.9 Å². The molecule has 0 spiro atoms. The largest absolute Gasteiger partial charge is 0.336 e. The Morgan fingerprint density at radius 3 is 2.57 bits per heavy atom. The number of urea groups is 1. The van der Waals surface area contributed by atoms with E-state index in [1.807, 2.05) is 30.0 Å². The average molecular weight is 310 g/mol. The first-order valence-corrected chi connectivity index (χ1v) is 7.99. The van der Waals surface area contributed by atoms with Crippen LogP contribution in [0.2, 0.25) is 5.02 Å². The molecule has 1 aromatic rings. The lowest BCUT2D eigenvalue weighted by Crippen LogP contribution is -2.52. The lowest BCUT2D eigenvalue weighted by molar-refractivity contribution is 0.133. The first kappa shape index (κ1) is 16.1. The van der Waals surface area contributed by atoms with E-state index < -0.39 is 0 Å². The van der Waals surface area contributed by atoms with Crippen molar-refractivity contribution in [2.24, 2.45) is 0 Å². The summed E-state index contributed by atoms with van der Waals surface area (Å²) in [7, 11) is 0. The van der Waals surface area contributed by atoms with Gasteiger partial charge in [0.2, 0.25) is 0 Å². The Bertz CT molecular complexity index is 472. The van der Waals surface area contributed by atoms with Gasteiger partial charge in [0.05, 0.1) is 0 Å². The third-order valence-electron chi connectivity index (χ3n) is 3.99. The van der Waals surface area contributed by atoms with Crippen molar-refractivity contribution >= 4 is 17.6 Å². The van der Waals surface area contributed by atoms with E-state index in [0.29, 0.717) is 0 Å². The summed E-state index contributed by atoms with van der Waals surface area (Å²) in [6.45, 7) is 8.27. The average Bonchev–Trinajstić information content (AvgIpc) is 2.50. The fraction of sp³-hybridized carbons (Fsp3) is 0.562. The number of piperazine rings is 1.